The lowest BCUT2D eigenvalue weighted by Gasteiger charge is -2.11. The molecule has 0 saturated heterocycles. The molecule has 0 spiro atoms. The zero-order chi connectivity index (χ0) is 15.6. The van der Waals surface area contributed by atoms with Crippen molar-refractivity contribution in [3.63, 3.8) is 0 Å². The molecule has 21 heavy (non-hydrogen) atoms. The molecule has 0 aliphatic rings. The Balaban J connectivity index is 2.50. The monoisotopic (exact) mass is 311 g/mol. The van der Waals surface area contributed by atoms with Crippen LogP contribution in [0, 0.1) is 12.7 Å². The van der Waals surface area contributed by atoms with E-state index in [9.17, 15) is 9.18 Å². The summed E-state index contributed by atoms with van der Waals surface area (Å²) in [7, 11) is 0. The first-order valence-corrected chi connectivity index (χ1v) is 6.75. The van der Waals surface area contributed by atoms with Crippen LogP contribution in [-0.2, 0) is 0 Å². The van der Waals surface area contributed by atoms with Crippen LogP contribution in [-0.4, -0.2) is 23.7 Å². The number of amides is 1. The Morgan fingerprint density at radius 3 is 2.90 bits per heavy atom. The van der Waals surface area contributed by atoms with Crippen LogP contribution < -0.4 is 11.1 Å². The van der Waals surface area contributed by atoms with Crippen LogP contribution in [0.25, 0.3) is 11.3 Å². The maximum atomic E-state index is 14.0. The minimum absolute atomic E-state index is 0.0431. The van der Waals surface area contributed by atoms with Crippen LogP contribution in [0.3, 0.4) is 0 Å². The molecule has 1 aromatic carbocycles. The summed E-state index contributed by atoms with van der Waals surface area (Å²) in [6.45, 7) is 3.62. The third kappa shape index (κ3) is 3.06. The van der Waals surface area contributed by atoms with E-state index in [1.165, 1.54) is 18.2 Å². The Hall–Kier alpha value is -1.92. The third-order valence-electron chi connectivity index (χ3n) is 3.02. The Morgan fingerprint density at radius 1 is 1.57 bits per heavy atom. The summed E-state index contributed by atoms with van der Waals surface area (Å²) >= 11 is 6.01. The van der Waals surface area contributed by atoms with Gasteiger partial charge in [0.05, 0.1) is 10.6 Å². The van der Waals surface area contributed by atoms with Gasteiger partial charge in [0.2, 0.25) is 0 Å². The standard InChI is InChI=1S/C14H15ClFN3O2/c1-7(6-17)18-14(20)11-8(2)21-19-13(11)12-9(15)4-3-5-10(12)16/h3-5,7H,6,17H2,1-2H3,(H,18,20)/t7-/m0/s1. The molecule has 1 amide bonds. The van der Waals surface area contributed by atoms with E-state index in [1.54, 1.807) is 13.8 Å². The van der Waals surface area contributed by atoms with Crippen LogP contribution in [0.1, 0.15) is 23.0 Å². The summed E-state index contributed by atoms with van der Waals surface area (Å²) < 4.78 is 19.0. The molecule has 3 N–H and O–H groups in total. The molecule has 0 radical (unpaired) electrons. The van der Waals surface area contributed by atoms with Gasteiger partial charge in [0.1, 0.15) is 22.8 Å². The van der Waals surface area contributed by atoms with Gasteiger partial charge >= 0.3 is 0 Å². The summed E-state index contributed by atoms with van der Waals surface area (Å²) in [6.07, 6.45) is 0. The smallest absolute Gasteiger partial charge is 0.257 e. The molecule has 0 bridgehead atoms. The second-order valence-electron chi connectivity index (χ2n) is 4.67. The molecule has 2 aromatic rings. The lowest BCUT2D eigenvalue weighted by atomic mass is 10.0. The second kappa shape index (κ2) is 6.24. The molecule has 0 aliphatic carbocycles. The van der Waals surface area contributed by atoms with Gasteiger partial charge in [-0.3, -0.25) is 4.79 Å². The minimum atomic E-state index is -0.572. The third-order valence-corrected chi connectivity index (χ3v) is 3.34. The van der Waals surface area contributed by atoms with Crippen LogP contribution >= 0.6 is 11.6 Å². The first-order valence-electron chi connectivity index (χ1n) is 6.37. The Labute approximate surface area is 126 Å². The van der Waals surface area contributed by atoms with E-state index < -0.39 is 11.7 Å². The number of carbonyl (C=O) groups is 1. The SMILES string of the molecule is Cc1onc(-c2c(F)cccc2Cl)c1C(=O)N[C@@H](C)CN. The molecule has 0 aliphatic heterocycles. The number of aryl methyl sites for hydroxylation is 1. The Morgan fingerprint density at radius 2 is 2.29 bits per heavy atom. The van der Waals surface area contributed by atoms with E-state index in [4.69, 9.17) is 21.9 Å². The van der Waals surface area contributed by atoms with Crippen LogP contribution in [0.4, 0.5) is 4.39 Å². The zero-order valence-electron chi connectivity index (χ0n) is 11.6. The number of halogens is 2. The van der Waals surface area contributed by atoms with Crippen molar-refractivity contribution < 1.29 is 13.7 Å². The lowest BCUT2D eigenvalue weighted by Crippen LogP contribution is -2.38. The number of nitrogens with two attached hydrogens (primary N) is 1. The Bertz CT molecular complexity index is 652. The molecular weight excluding hydrogens is 297 g/mol. The lowest BCUT2D eigenvalue weighted by molar-refractivity contribution is 0.0940. The molecule has 1 aromatic heterocycles. The van der Waals surface area contributed by atoms with Crippen molar-refractivity contribution >= 4 is 17.5 Å². The molecule has 1 heterocycles. The predicted molar refractivity (Wildman–Crippen MR) is 77.6 cm³/mol. The molecule has 2 rings (SSSR count). The van der Waals surface area contributed by atoms with Gasteiger partial charge in [-0.15, -0.1) is 0 Å². The number of carbonyl (C=O) groups excluding carboxylic acids is 1. The van der Waals surface area contributed by atoms with Gasteiger partial charge in [0.25, 0.3) is 5.91 Å². The van der Waals surface area contributed by atoms with E-state index in [0.717, 1.165) is 0 Å². The summed E-state index contributed by atoms with van der Waals surface area (Å²) in [5.41, 5.74) is 5.75. The molecule has 0 unspecified atom stereocenters. The first-order chi connectivity index (χ1) is 9.95. The maximum absolute atomic E-state index is 14.0. The highest BCUT2D eigenvalue weighted by atomic mass is 35.5. The van der Waals surface area contributed by atoms with Crippen molar-refractivity contribution in [2.45, 2.75) is 19.9 Å². The Kier molecular flexibility index (Phi) is 4.59. The number of nitrogens with one attached hydrogen (secondary N) is 1. The van der Waals surface area contributed by atoms with Gasteiger partial charge in [0, 0.05) is 12.6 Å². The molecule has 112 valence electrons. The van der Waals surface area contributed by atoms with Crippen LogP contribution in [0.2, 0.25) is 5.02 Å². The summed E-state index contributed by atoms with van der Waals surface area (Å²) in [5.74, 6) is -0.719. The summed E-state index contributed by atoms with van der Waals surface area (Å²) in [5, 5.41) is 6.62. The average Bonchev–Trinajstić information content (AvgIpc) is 2.80. The van der Waals surface area contributed by atoms with Crippen molar-refractivity contribution in [2.75, 3.05) is 6.54 Å². The fraction of sp³-hybridized carbons (Fsp3) is 0.286. The quantitative estimate of drug-likeness (QED) is 0.909. The number of hydrogen-bond acceptors (Lipinski definition) is 4. The summed E-state index contributed by atoms with van der Waals surface area (Å²) in [6, 6.07) is 4.02. The molecule has 5 nitrogen and oxygen atoms in total. The van der Waals surface area contributed by atoms with Gasteiger partial charge in [-0.05, 0) is 26.0 Å². The highest BCUT2D eigenvalue weighted by Gasteiger charge is 2.25. The van der Waals surface area contributed by atoms with Crippen molar-refractivity contribution in [2.24, 2.45) is 5.73 Å². The topological polar surface area (TPSA) is 81.2 Å². The highest BCUT2D eigenvalue weighted by Crippen LogP contribution is 2.33. The average molecular weight is 312 g/mol. The fourth-order valence-corrected chi connectivity index (χ4v) is 2.14. The maximum Gasteiger partial charge on any atom is 0.257 e. The second-order valence-corrected chi connectivity index (χ2v) is 5.08. The molecular formula is C14H15ClFN3O2. The van der Waals surface area contributed by atoms with Crippen molar-refractivity contribution in [3.05, 3.63) is 40.4 Å². The number of hydrogen-bond donors (Lipinski definition) is 2. The molecule has 0 fully saturated rings. The number of nitrogens with zero attached hydrogens (tertiary/aromatic N) is 1. The number of rotatable bonds is 4. The van der Waals surface area contributed by atoms with Crippen molar-refractivity contribution in [1.82, 2.24) is 10.5 Å². The van der Waals surface area contributed by atoms with E-state index in [-0.39, 0.29) is 40.2 Å². The predicted octanol–water partition coefficient (Wildman–Crippen LogP) is 2.52. The summed E-state index contributed by atoms with van der Waals surface area (Å²) in [4.78, 5) is 12.3. The normalized spacial score (nSPS) is 12.2. The fourth-order valence-electron chi connectivity index (χ4n) is 1.89. The number of aromatic nitrogens is 1. The van der Waals surface area contributed by atoms with Crippen molar-refractivity contribution in [3.8, 4) is 11.3 Å². The highest BCUT2D eigenvalue weighted by molar-refractivity contribution is 6.33. The molecule has 0 saturated carbocycles. The van der Waals surface area contributed by atoms with Gasteiger partial charge in [-0.1, -0.05) is 22.8 Å². The molecule has 1 atom stereocenters. The zero-order valence-corrected chi connectivity index (χ0v) is 12.4. The largest absolute Gasteiger partial charge is 0.360 e. The number of benzene rings is 1. The van der Waals surface area contributed by atoms with E-state index in [0.29, 0.717) is 0 Å². The van der Waals surface area contributed by atoms with Crippen molar-refractivity contribution in [1.29, 1.82) is 0 Å². The van der Waals surface area contributed by atoms with Crippen LogP contribution in [0.15, 0.2) is 22.7 Å². The molecule has 7 heteroatoms. The van der Waals surface area contributed by atoms with Gasteiger partial charge in [-0.25, -0.2) is 4.39 Å². The van der Waals surface area contributed by atoms with E-state index in [1.807, 2.05) is 0 Å². The van der Waals surface area contributed by atoms with Gasteiger partial charge < -0.3 is 15.6 Å². The van der Waals surface area contributed by atoms with Gasteiger partial charge in [-0.2, -0.15) is 0 Å². The van der Waals surface area contributed by atoms with E-state index in [2.05, 4.69) is 10.5 Å². The minimum Gasteiger partial charge on any atom is -0.360 e. The van der Waals surface area contributed by atoms with Gasteiger partial charge in [0.15, 0.2) is 0 Å². The van der Waals surface area contributed by atoms with E-state index >= 15 is 0 Å². The van der Waals surface area contributed by atoms with Crippen LogP contribution in [0.5, 0.6) is 0 Å². The first kappa shape index (κ1) is 15.5.